The number of imidazole rings is 1. The minimum atomic E-state index is -4.32. The molecule has 9 rings (SSSR count). The van der Waals surface area contributed by atoms with Gasteiger partial charge >= 0.3 is 0 Å². The number of rotatable bonds is 7. The molecule has 0 aliphatic heterocycles. The van der Waals surface area contributed by atoms with Gasteiger partial charge in [-0.1, -0.05) is 217 Å². The molecule has 1 N–H and O–H groups in total. The van der Waals surface area contributed by atoms with Crippen LogP contribution in [0.15, 0.2) is 152 Å². The van der Waals surface area contributed by atoms with Gasteiger partial charge in [-0.3, -0.25) is 9.55 Å². The molecule has 4 nitrogen and oxygen atoms in total. The Morgan fingerprint density at radius 1 is 0.500 bits per heavy atom. The van der Waals surface area contributed by atoms with Gasteiger partial charge in [0, 0.05) is 79.6 Å². The summed E-state index contributed by atoms with van der Waals surface area (Å²) in [6.07, 6.45) is 1.44. The topological polar surface area (TPSA) is 50.9 Å². The number of benzene rings is 7. The molecule has 5 heteroatoms. The van der Waals surface area contributed by atoms with Crippen molar-refractivity contribution in [3.05, 3.63) is 191 Å². The molecule has 382 valence electrons. The Hall–Kier alpha value is -6.35. The summed E-state index contributed by atoms with van der Waals surface area (Å²) in [4.78, 5) is 9.75. The summed E-state index contributed by atoms with van der Waals surface area (Å²) >= 11 is 0. The molecule has 2 heterocycles. The number of aromatic nitrogens is 3. The van der Waals surface area contributed by atoms with E-state index in [2.05, 4.69) is 11.1 Å². The third-order valence-electron chi connectivity index (χ3n) is 13.1. The van der Waals surface area contributed by atoms with Crippen LogP contribution in [0.25, 0.3) is 83.9 Å². The van der Waals surface area contributed by atoms with Crippen LogP contribution in [-0.4, -0.2) is 19.6 Å². The van der Waals surface area contributed by atoms with Crippen molar-refractivity contribution in [1.29, 1.82) is 0 Å². The van der Waals surface area contributed by atoms with Gasteiger partial charge in [-0.25, -0.2) is 4.98 Å². The van der Waals surface area contributed by atoms with Crippen molar-refractivity contribution in [2.45, 2.75) is 137 Å². The first-order chi connectivity index (χ1) is 46.6. The molecule has 0 atom stereocenters. The summed E-state index contributed by atoms with van der Waals surface area (Å²) in [5.74, 6) is -2.33. The molecule has 0 aliphatic rings. The van der Waals surface area contributed by atoms with E-state index in [1.807, 2.05) is 90.1 Å². The van der Waals surface area contributed by atoms with E-state index >= 15 is 0 Å². The van der Waals surface area contributed by atoms with Crippen molar-refractivity contribution in [3.63, 3.8) is 0 Å². The molecule has 74 heavy (non-hydrogen) atoms. The zero-order valence-electron chi connectivity index (χ0n) is 71.5. The molecule has 0 spiro atoms. The summed E-state index contributed by atoms with van der Waals surface area (Å²) in [5.41, 5.74) is -13.2. The average Bonchev–Trinajstić information content (AvgIpc) is 0.858. The van der Waals surface area contributed by atoms with Gasteiger partial charge in [0.15, 0.2) is 0 Å². The van der Waals surface area contributed by atoms with Crippen LogP contribution in [0.3, 0.4) is 0 Å². The number of phenols is 1. The molecular formula is C69H74N3OPt-. The van der Waals surface area contributed by atoms with Crippen molar-refractivity contribution < 1.29 is 67.3 Å². The number of aryl methyl sites for hydroxylation is 1. The third-order valence-corrected chi connectivity index (χ3v) is 13.1. The van der Waals surface area contributed by atoms with Crippen LogP contribution in [0.1, 0.15) is 178 Å². The summed E-state index contributed by atoms with van der Waals surface area (Å²) in [7, 11) is 0. The minimum absolute atomic E-state index is 0. The summed E-state index contributed by atoms with van der Waals surface area (Å²) < 4.78 is 263. The van der Waals surface area contributed by atoms with Crippen molar-refractivity contribution in [1.82, 2.24) is 14.5 Å². The number of hydrogen-bond acceptors (Lipinski definition) is 3. The number of phenolic OH excluding ortho intramolecular Hbond substituents is 1. The first kappa shape index (κ1) is 27.4. The fourth-order valence-electron chi connectivity index (χ4n) is 9.24. The molecule has 0 unspecified atom stereocenters. The van der Waals surface area contributed by atoms with E-state index in [4.69, 9.17) is 42.0 Å². The second kappa shape index (κ2) is 19.7. The molecule has 0 saturated heterocycles. The van der Waals surface area contributed by atoms with Gasteiger partial charge in [0.1, 0.15) is 11.6 Å². The maximum absolute atomic E-state index is 13.2. The van der Waals surface area contributed by atoms with Gasteiger partial charge in [-0.15, -0.1) is 29.3 Å². The molecule has 0 aliphatic carbocycles. The van der Waals surface area contributed by atoms with E-state index in [-0.39, 0.29) is 60.7 Å². The summed E-state index contributed by atoms with van der Waals surface area (Å²) in [6.45, 7) is -27.7. The first-order valence-electron chi connectivity index (χ1n) is 38.5. The van der Waals surface area contributed by atoms with E-state index in [9.17, 15) is 9.22 Å². The van der Waals surface area contributed by atoms with Gasteiger partial charge < -0.3 is 5.11 Å². The minimum Gasteiger partial charge on any atom is -0.507 e. The van der Waals surface area contributed by atoms with Gasteiger partial charge in [-0.05, 0) is 120 Å². The van der Waals surface area contributed by atoms with E-state index in [1.54, 1.807) is 36.4 Å². The Labute approximate surface area is 498 Å². The molecular weight excluding hydrogens is 1080 g/mol. The maximum atomic E-state index is 13.2. The summed E-state index contributed by atoms with van der Waals surface area (Å²) in [6, 6.07) is 39.6. The predicted molar refractivity (Wildman–Crippen MR) is 310 cm³/mol. The summed E-state index contributed by atoms with van der Waals surface area (Å²) in [5, 5.41) is 13.2. The molecule has 7 aromatic carbocycles. The molecule has 0 amide bonds. The Morgan fingerprint density at radius 3 is 1.82 bits per heavy atom. The van der Waals surface area contributed by atoms with E-state index in [1.165, 1.54) is 42.6 Å². The van der Waals surface area contributed by atoms with Crippen molar-refractivity contribution in [2.24, 2.45) is 0 Å². The zero-order valence-corrected chi connectivity index (χ0v) is 43.8. The number of hydrogen-bond donors (Lipinski definition) is 1. The van der Waals surface area contributed by atoms with E-state index < -0.39 is 135 Å². The fourth-order valence-corrected chi connectivity index (χ4v) is 9.24. The van der Waals surface area contributed by atoms with Crippen LogP contribution in [0, 0.1) is 12.9 Å². The maximum Gasteiger partial charge on any atom is 0.148 e. The quantitative estimate of drug-likeness (QED) is 0.162. The SMILES string of the molecule is [2H]C([2H])([2H])c1cc(-c2c(-c3ccccc3)cccc2C(C)(C)C)ccc1-n1c(-c2cc(C(C([2H])([2H])[2H])(C([2H])([2H])[2H])C([2H])([2H])[2H])cc(C(C([2H])([2H])[2H])(C([2H])([2H])[2H])C([2H])([2H])[2H])c2O)nc2c(-c3[c-]c(-c4cc(-c5ccc(C(C([2H])([2H])[2H])(C([2H])([2H])[2H])C([2H])([2H])[2H])cc5)ccn4)cc(C(C)(C)C)c3)cccc21.[Pt]. The van der Waals surface area contributed by atoms with E-state index in [0.29, 0.717) is 45.0 Å². The smallest absolute Gasteiger partial charge is 0.148 e. The average molecular weight is 1190 g/mol. The van der Waals surface area contributed by atoms with Crippen molar-refractivity contribution in [2.75, 3.05) is 0 Å². The molecule has 9 aromatic rings. The monoisotopic (exact) mass is 1190 g/mol. The predicted octanol–water partition coefficient (Wildman–Crippen LogP) is 18.7. The standard InChI is InChI=1S/C69H74N3O.Pt/c1-43-36-47(61-53(45-22-18-17-19-23-45)24-20-26-56(61)68(11,12)13)30-33-59(43)72-60-27-21-25-54(62(60)71-64(72)55-41-52(67(8,9)10)42-57(63(55)73)69(14,15)16)48-37-49(39-51(38-48)66(5,6)7)58-40-46(34-35-70-58)44-28-31-50(32-29-44)65(2,3)4;/h17-36,38-42,73H,1-16H3;/q-1;/i1D3,2D3,3D3,4D3,8D3,9D3,10D3,14D3,15D3,16D3;. The van der Waals surface area contributed by atoms with Crippen LogP contribution in [0.2, 0.25) is 0 Å². The van der Waals surface area contributed by atoms with Gasteiger partial charge in [0.2, 0.25) is 0 Å². The van der Waals surface area contributed by atoms with Gasteiger partial charge in [0.05, 0.1) is 22.3 Å². The Morgan fingerprint density at radius 2 is 1.15 bits per heavy atom. The second-order valence-electron chi connectivity index (χ2n) is 20.6. The molecule has 0 saturated carbocycles. The second-order valence-corrected chi connectivity index (χ2v) is 20.6. The third kappa shape index (κ3) is 10.6. The number of aromatic hydroxyl groups is 1. The van der Waals surface area contributed by atoms with Crippen LogP contribution < -0.4 is 0 Å². The largest absolute Gasteiger partial charge is 0.507 e. The molecule has 0 radical (unpaired) electrons. The van der Waals surface area contributed by atoms with Crippen LogP contribution in [-0.2, 0) is 48.1 Å². The normalized spacial score (nSPS) is 20.2. The molecule has 2 aromatic heterocycles. The van der Waals surface area contributed by atoms with Crippen LogP contribution in [0.4, 0.5) is 0 Å². The molecule has 0 bridgehead atoms. The number of para-hydroxylation sites is 1. The van der Waals surface area contributed by atoms with Crippen molar-refractivity contribution >= 4 is 11.0 Å². The Balaban J connectivity index is 0.0000137. The zero-order chi connectivity index (χ0) is 77.6. The molecule has 0 fully saturated rings. The number of fused-ring (bicyclic) bond motifs is 1. The van der Waals surface area contributed by atoms with Crippen molar-refractivity contribution in [3.8, 4) is 78.6 Å². The first-order valence-corrected chi connectivity index (χ1v) is 23.5. The number of pyridine rings is 1. The van der Waals surface area contributed by atoms with Gasteiger partial charge in [0.25, 0.3) is 0 Å². The Bertz CT molecular complexity index is 4570. The van der Waals surface area contributed by atoms with Gasteiger partial charge in [-0.2, -0.15) is 0 Å². The van der Waals surface area contributed by atoms with Crippen LogP contribution >= 0.6 is 0 Å². The number of nitrogens with zero attached hydrogens (tertiary/aromatic N) is 3. The van der Waals surface area contributed by atoms with E-state index in [0.717, 1.165) is 27.8 Å². The fraction of sp³-hybridized carbons (Fsp3) is 0.304. The Kier molecular flexibility index (Phi) is 7.32. The van der Waals surface area contributed by atoms with Crippen LogP contribution in [0.5, 0.6) is 5.75 Å².